The third kappa shape index (κ3) is 3.07. The molecule has 1 aromatic rings. The molecule has 21 heavy (non-hydrogen) atoms. The van der Waals surface area contributed by atoms with Gasteiger partial charge in [0.25, 0.3) is 0 Å². The highest BCUT2D eigenvalue weighted by Crippen LogP contribution is 2.41. The van der Waals surface area contributed by atoms with E-state index in [-0.39, 0.29) is 18.4 Å². The Hall–Kier alpha value is -2.31. The van der Waals surface area contributed by atoms with Crippen molar-refractivity contribution in [1.29, 1.82) is 0 Å². The smallest absolute Gasteiger partial charge is 0.420 e. The molecule has 0 saturated carbocycles. The molecule has 0 saturated heterocycles. The number of aryl methyl sites for hydroxylation is 1. The normalized spacial score (nSPS) is 21.1. The minimum atomic E-state index is -4.55. The summed E-state index contributed by atoms with van der Waals surface area (Å²) in [5.74, 6) is -0.947. The second-order valence-electron chi connectivity index (χ2n) is 4.65. The molecule has 0 aliphatic carbocycles. The zero-order valence-electron chi connectivity index (χ0n) is 10.9. The van der Waals surface area contributed by atoms with Crippen LogP contribution in [0.15, 0.2) is 41.5 Å². The van der Waals surface area contributed by atoms with E-state index in [1.807, 2.05) is 0 Å². The molecular formula is C14H13F3N2O2. The maximum Gasteiger partial charge on any atom is 0.420 e. The van der Waals surface area contributed by atoms with Crippen molar-refractivity contribution in [1.82, 2.24) is 5.43 Å². The lowest BCUT2D eigenvalue weighted by molar-refractivity contribution is -0.185. The third-order valence-electron chi connectivity index (χ3n) is 3.23. The van der Waals surface area contributed by atoms with Crippen LogP contribution in [0.25, 0.3) is 0 Å². The Kier molecular flexibility index (Phi) is 4.02. The van der Waals surface area contributed by atoms with Crippen LogP contribution in [0.5, 0.6) is 0 Å². The van der Waals surface area contributed by atoms with Gasteiger partial charge in [0.2, 0.25) is 0 Å². The Bertz CT molecular complexity index is 579. The van der Waals surface area contributed by atoms with Crippen molar-refractivity contribution in [3.8, 4) is 0 Å². The summed E-state index contributed by atoms with van der Waals surface area (Å²) in [6, 6.07) is 5.67. The first kappa shape index (κ1) is 15.1. The Morgan fingerprint density at radius 1 is 1.29 bits per heavy atom. The number of carbonyl (C=O) groups is 1. The van der Waals surface area contributed by atoms with E-state index in [0.29, 0.717) is 5.56 Å². The largest absolute Gasteiger partial charge is 0.481 e. The van der Waals surface area contributed by atoms with E-state index >= 15 is 0 Å². The van der Waals surface area contributed by atoms with Crippen molar-refractivity contribution in [2.45, 2.75) is 24.6 Å². The molecule has 1 aromatic carbocycles. The monoisotopic (exact) mass is 298 g/mol. The van der Waals surface area contributed by atoms with Crippen molar-refractivity contribution >= 4 is 12.2 Å². The van der Waals surface area contributed by atoms with Crippen LogP contribution in [0.4, 0.5) is 13.2 Å². The molecule has 112 valence electrons. The van der Waals surface area contributed by atoms with Crippen molar-refractivity contribution < 1.29 is 23.1 Å². The van der Waals surface area contributed by atoms with E-state index in [9.17, 15) is 18.0 Å². The van der Waals surface area contributed by atoms with Crippen LogP contribution in [-0.4, -0.2) is 23.5 Å². The summed E-state index contributed by atoms with van der Waals surface area (Å²) < 4.78 is 40.1. The second kappa shape index (κ2) is 5.59. The molecule has 1 unspecified atom stereocenters. The molecule has 1 aliphatic rings. The molecule has 0 fully saturated rings. The van der Waals surface area contributed by atoms with Gasteiger partial charge in [-0.05, 0) is 29.7 Å². The summed E-state index contributed by atoms with van der Waals surface area (Å²) in [5, 5.41) is 12.1. The Balaban J connectivity index is 2.28. The van der Waals surface area contributed by atoms with Gasteiger partial charge in [0, 0.05) is 12.6 Å². The summed E-state index contributed by atoms with van der Waals surface area (Å²) in [7, 11) is 0. The minimum absolute atomic E-state index is 0.00201. The number of nitrogens with one attached hydrogen (secondary N) is 1. The SMILES string of the molecule is O=C(O)CCc1ccc(C2(C(F)(F)F)C=CC=NN2)cc1. The average molecular weight is 298 g/mol. The lowest BCUT2D eigenvalue weighted by atomic mass is 9.88. The van der Waals surface area contributed by atoms with E-state index < -0.39 is 17.7 Å². The number of rotatable bonds is 4. The number of allylic oxidation sites excluding steroid dienone is 1. The topological polar surface area (TPSA) is 61.7 Å². The number of hydrogen-bond acceptors (Lipinski definition) is 3. The molecule has 1 aliphatic heterocycles. The van der Waals surface area contributed by atoms with Gasteiger partial charge in [-0.1, -0.05) is 24.3 Å². The predicted molar refractivity (Wildman–Crippen MR) is 70.9 cm³/mol. The van der Waals surface area contributed by atoms with Crippen LogP contribution >= 0.6 is 0 Å². The Labute approximate surface area is 119 Å². The quantitative estimate of drug-likeness (QED) is 0.898. The zero-order valence-corrected chi connectivity index (χ0v) is 10.9. The summed E-state index contributed by atoms with van der Waals surface area (Å²) in [5.41, 5.74) is 0.438. The van der Waals surface area contributed by atoms with E-state index in [4.69, 9.17) is 5.11 Å². The number of alkyl halides is 3. The van der Waals surface area contributed by atoms with Gasteiger partial charge < -0.3 is 5.11 Å². The Morgan fingerprint density at radius 2 is 1.95 bits per heavy atom. The number of aliphatic carboxylic acids is 1. The molecule has 2 rings (SSSR count). The molecule has 7 heteroatoms. The number of nitrogens with zero attached hydrogens (tertiary/aromatic N) is 1. The minimum Gasteiger partial charge on any atom is -0.481 e. The standard InChI is InChI=1S/C14H13F3N2O2/c15-14(16,17)13(8-1-9-18-19-13)11-5-2-10(3-6-11)4-7-12(20)21/h1-3,5-6,8-9,19H,4,7H2,(H,20,21). The summed E-state index contributed by atoms with van der Waals surface area (Å²) >= 11 is 0. The van der Waals surface area contributed by atoms with Gasteiger partial charge in [-0.2, -0.15) is 18.3 Å². The zero-order chi connectivity index (χ0) is 15.5. The van der Waals surface area contributed by atoms with Crippen molar-refractivity contribution in [3.05, 3.63) is 47.5 Å². The first-order valence-electron chi connectivity index (χ1n) is 6.21. The highest BCUT2D eigenvalue weighted by Gasteiger charge is 2.55. The van der Waals surface area contributed by atoms with Gasteiger partial charge >= 0.3 is 12.1 Å². The van der Waals surface area contributed by atoms with E-state index in [1.165, 1.54) is 36.6 Å². The molecular weight excluding hydrogens is 285 g/mol. The van der Waals surface area contributed by atoms with Crippen LogP contribution in [0.2, 0.25) is 0 Å². The molecule has 4 nitrogen and oxygen atoms in total. The lowest BCUT2D eigenvalue weighted by Crippen LogP contribution is -2.51. The van der Waals surface area contributed by atoms with Gasteiger partial charge in [0.15, 0.2) is 5.54 Å². The number of carboxylic acid groups (broad SMARTS) is 1. The van der Waals surface area contributed by atoms with Gasteiger partial charge in [-0.3, -0.25) is 10.2 Å². The highest BCUT2D eigenvalue weighted by molar-refractivity contribution is 5.72. The number of hydrazone groups is 1. The number of benzene rings is 1. The summed E-state index contributed by atoms with van der Waals surface area (Å²) in [4.78, 5) is 10.5. The first-order chi connectivity index (χ1) is 9.85. The molecule has 0 spiro atoms. The Morgan fingerprint density at radius 3 is 2.43 bits per heavy atom. The molecule has 1 atom stereocenters. The summed E-state index contributed by atoms with van der Waals surface area (Å²) in [6.07, 6.45) is -0.855. The fourth-order valence-corrected chi connectivity index (χ4v) is 2.07. The predicted octanol–water partition coefficient (Wildman–Crippen LogP) is 2.61. The highest BCUT2D eigenvalue weighted by atomic mass is 19.4. The van der Waals surface area contributed by atoms with Crippen LogP contribution in [-0.2, 0) is 16.8 Å². The molecule has 2 N–H and O–H groups in total. The molecule has 0 radical (unpaired) electrons. The average Bonchev–Trinajstić information content (AvgIpc) is 2.45. The van der Waals surface area contributed by atoms with E-state index in [0.717, 1.165) is 6.08 Å². The van der Waals surface area contributed by atoms with Crippen molar-refractivity contribution in [3.63, 3.8) is 0 Å². The van der Waals surface area contributed by atoms with Gasteiger partial charge in [-0.25, -0.2) is 0 Å². The van der Waals surface area contributed by atoms with Gasteiger partial charge in [0.1, 0.15) is 0 Å². The van der Waals surface area contributed by atoms with Crippen LogP contribution in [0.1, 0.15) is 17.5 Å². The van der Waals surface area contributed by atoms with Crippen molar-refractivity contribution in [2.24, 2.45) is 5.10 Å². The number of halogens is 3. The lowest BCUT2D eigenvalue weighted by Gasteiger charge is -2.34. The first-order valence-corrected chi connectivity index (χ1v) is 6.21. The van der Waals surface area contributed by atoms with Crippen LogP contribution in [0, 0.1) is 0 Å². The van der Waals surface area contributed by atoms with Crippen LogP contribution < -0.4 is 5.43 Å². The maximum absolute atomic E-state index is 13.4. The fraction of sp³-hybridized carbons (Fsp3) is 0.286. The van der Waals surface area contributed by atoms with Gasteiger partial charge in [0.05, 0.1) is 0 Å². The second-order valence-corrected chi connectivity index (χ2v) is 4.65. The van der Waals surface area contributed by atoms with Crippen molar-refractivity contribution in [2.75, 3.05) is 0 Å². The maximum atomic E-state index is 13.4. The molecule has 0 amide bonds. The number of hydrogen-bond donors (Lipinski definition) is 2. The summed E-state index contributed by atoms with van der Waals surface area (Å²) in [6.45, 7) is 0. The van der Waals surface area contributed by atoms with Gasteiger partial charge in [-0.15, -0.1) is 0 Å². The number of carboxylic acids is 1. The third-order valence-corrected chi connectivity index (χ3v) is 3.23. The molecule has 0 aromatic heterocycles. The van der Waals surface area contributed by atoms with E-state index in [2.05, 4.69) is 10.5 Å². The molecule has 0 bridgehead atoms. The van der Waals surface area contributed by atoms with Crippen LogP contribution in [0.3, 0.4) is 0 Å². The fourth-order valence-electron chi connectivity index (χ4n) is 2.07. The van der Waals surface area contributed by atoms with E-state index in [1.54, 1.807) is 0 Å². The molecule has 1 heterocycles.